The molecule has 4 aliphatic rings. The van der Waals surface area contributed by atoms with Gasteiger partial charge in [-0.3, -0.25) is 4.79 Å². The molecule has 1 unspecified atom stereocenters. The van der Waals surface area contributed by atoms with Crippen molar-refractivity contribution in [1.29, 1.82) is 0 Å². The summed E-state index contributed by atoms with van der Waals surface area (Å²) in [4.78, 5) is 12.4. The molecule has 0 heterocycles. The Hall–Kier alpha value is -0.450. The van der Waals surface area contributed by atoms with Gasteiger partial charge in [0.15, 0.2) is 5.78 Å². The van der Waals surface area contributed by atoms with Gasteiger partial charge >= 0.3 is 0 Å². The highest BCUT2D eigenvalue weighted by Crippen LogP contribution is 2.68. The van der Waals surface area contributed by atoms with Gasteiger partial charge in [-0.15, -0.1) is 0 Å². The fourth-order valence-electron chi connectivity index (χ4n) is 7.84. The third kappa shape index (κ3) is 2.26. The van der Waals surface area contributed by atoms with Gasteiger partial charge < -0.3 is 15.3 Å². The molecular weight excluding hydrogens is 316 g/mol. The first-order chi connectivity index (χ1) is 11.8. The molecule has 0 spiro atoms. The lowest BCUT2D eigenvalue weighted by Crippen LogP contribution is -2.59. The minimum Gasteiger partial charge on any atom is -0.393 e. The van der Waals surface area contributed by atoms with E-state index < -0.39 is 12.2 Å². The number of aliphatic hydroxyl groups excluding tert-OH is 2. The first kappa shape index (κ1) is 17.9. The Morgan fingerprint density at radius 2 is 1.72 bits per heavy atom. The van der Waals surface area contributed by atoms with Crippen molar-refractivity contribution in [2.45, 2.75) is 83.3 Å². The highest BCUT2D eigenvalue weighted by molar-refractivity contribution is 5.89. The minimum atomic E-state index is -1.34. The Morgan fingerprint density at radius 1 is 1.00 bits per heavy atom. The molecule has 0 saturated heterocycles. The number of ketones is 1. The van der Waals surface area contributed by atoms with Crippen LogP contribution in [0.5, 0.6) is 0 Å². The van der Waals surface area contributed by atoms with Gasteiger partial charge in [0.1, 0.15) is 12.2 Å². The molecule has 0 aromatic heterocycles. The van der Waals surface area contributed by atoms with Crippen LogP contribution in [-0.2, 0) is 4.79 Å². The standard InChI is InChI=1S/C21H34O4/c1-19-8-5-14(23)11-13(19)3-4-15-16(19)6-9-20(2)17(15)7-10-21(20,25)18(24)12-22/h13-17,22-23,25H,3-12H2,1-2H3/t13?,14-,15-,16+,17+,19+,20+,21+/m1/s1. The van der Waals surface area contributed by atoms with Crippen LogP contribution < -0.4 is 0 Å². The largest absolute Gasteiger partial charge is 0.393 e. The number of hydrogen-bond donors (Lipinski definition) is 3. The SMILES string of the molecule is C[C@]12CC[C@@H](O)CC1CC[C@@H]1[C@@H]2CC[C@@]2(C)[C@H]1CC[C@]2(O)C(=O)CO. The molecule has 4 heteroatoms. The summed E-state index contributed by atoms with van der Waals surface area (Å²) in [7, 11) is 0. The third-order valence-electron chi connectivity index (χ3n) is 9.39. The zero-order valence-electron chi connectivity index (χ0n) is 15.7. The van der Waals surface area contributed by atoms with Crippen LogP contribution in [0.4, 0.5) is 0 Å². The summed E-state index contributed by atoms with van der Waals surface area (Å²) < 4.78 is 0. The summed E-state index contributed by atoms with van der Waals surface area (Å²) in [6, 6.07) is 0. The van der Waals surface area contributed by atoms with Crippen molar-refractivity contribution in [3.8, 4) is 0 Å². The lowest BCUT2D eigenvalue weighted by atomic mass is 9.44. The predicted molar refractivity (Wildman–Crippen MR) is 94.8 cm³/mol. The maximum Gasteiger partial charge on any atom is 0.190 e. The van der Waals surface area contributed by atoms with E-state index >= 15 is 0 Å². The number of carbonyl (C=O) groups excluding carboxylic acids is 1. The topological polar surface area (TPSA) is 77.8 Å². The average Bonchev–Trinajstić information content (AvgIpc) is 2.87. The average molecular weight is 350 g/mol. The van der Waals surface area contributed by atoms with Crippen molar-refractivity contribution in [3.63, 3.8) is 0 Å². The number of Topliss-reactive ketones (excluding diaryl/α,β-unsaturated/α-hetero) is 1. The van der Waals surface area contributed by atoms with Crippen LogP contribution in [0.2, 0.25) is 0 Å². The Labute approximate surface area is 151 Å². The minimum absolute atomic E-state index is 0.123. The summed E-state index contributed by atoms with van der Waals surface area (Å²) in [5, 5.41) is 30.7. The Morgan fingerprint density at radius 3 is 2.44 bits per heavy atom. The summed E-state index contributed by atoms with van der Waals surface area (Å²) in [5.74, 6) is 1.87. The van der Waals surface area contributed by atoms with Crippen LogP contribution in [0.25, 0.3) is 0 Å². The molecule has 0 amide bonds. The molecule has 0 radical (unpaired) electrons. The van der Waals surface area contributed by atoms with E-state index in [2.05, 4.69) is 13.8 Å². The van der Waals surface area contributed by atoms with E-state index in [4.69, 9.17) is 0 Å². The molecule has 8 atom stereocenters. The van der Waals surface area contributed by atoms with Gasteiger partial charge in [0.2, 0.25) is 0 Å². The van der Waals surface area contributed by atoms with E-state index in [1.165, 1.54) is 12.8 Å². The normalized spacial score (nSPS) is 55.2. The van der Waals surface area contributed by atoms with Crippen LogP contribution in [0.3, 0.4) is 0 Å². The van der Waals surface area contributed by atoms with Crippen molar-refractivity contribution < 1.29 is 20.1 Å². The second kappa shape index (κ2) is 5.77. The fourth-order valence-corrected chi connectivity index (χ4v) is 7.84. The predicted octanol–water partition coefficient (Wildman–Crippen LogP) is 2.68. The monoisotopic (exact) mass is 350 g/mol. The smallest absolute Gasteiger partial charge is 0.190 e. The highest BCUT2D eigenvalue weighted by Gasteiger charge is 2.66. The van der Waals surface area contributed by atoms with Crippen LogP contribution in [0.1, 0.15) is 71.6 Å². The molecule has 4 fully saturated rings. The van der Waals surface area contributed by atoms with E-state index in [0.717, 1.165) is 38.5 Å². The van der Waals surface area contributed by atoms with E-state index in [0.29, 0.717) is 35.5 Å². The lowest BCUT2D eigenvalue weighted by molar-refractivity contribution is -0.174. The fraction of sp³-hybridized carbons (Fsp3) is 0.952. The molecule has 4 rings (SSSR count). The quantitative estimate of drug-likeness (QED) is 0.715. The molecule has 0 aromatic rings. The zero-order valence-corrected chi connectivity index (χ0v) is 15.7. The summed E-state index contributed by atoms with van der Waals surface area (Å²) in [6.07, 6.45) is 8.58. The van der Waals surface area contributed by atoms with Gasteiger partial charge in [0, 0.05) is 5.41 Å². The van der Waals surface area contributed by atoms with E-state index in [9.17, 15) is 20.1 Å². The van der Waals surface area contributed by atoms with E-state index in [-0.39, 0.29) is 17.3 Å². The number of rotatable bonds is 2. The molecule has 3 N–H and O–H groups in total. The van der Waals surface area contributed by atoms with Crippen molar-refractivity contribution in [2.75, 3.05) is 6.61 Å². The van der Waals surface area contributed by atoms with Crippen molar-refractivity contribution in [1.82, 2.24) is 0 Å². The van der Waals surface area contributed by atoms with Crippen LogP contribution >= 0.6 is 0 Å². The molecule has 142 valence electrons. The first-order valence-corrected chi connectivity index (χ1v) is 10.3. The summed E-state index contributed by atoms with van der Waals surface area (Å²) in [5.41, 5.74) is -1.41. The van der Waals surface area contributed by atoms with E-state index in [1.807, 2.05) is 0 Å². The van der Waals surface area contributed by atoms with Crippen LogP contribution in [0.15, 0.2) is 0 Å². The van der Waals surface area contributed by atoms with Crippen LogP contribution in [-0.4, -0.2) is 39.4 Å². The molecule has 0 aromatic carbocycles. The molecule has 4 saturated carbocycles. The molecule has 0 aliphatic heterocycles. The lowest BCUT2D eigenvalue weighted by Gasteiger charge is -2.61. The molecular formula is C21H34O4. The number of hydrogen-bond acceptors (Lipinski definition) is 4. The molecule has 4 aliphatic carbocycles. The summed E-state index contributed by atoms with van der Waals surface area (Å²) in [6.45, 7) is 4.00. The summed E-state index contributed by atoms with van der Waals surface area (Å²) >= 11 is 0. The van der Waals surface area contributed by atoms with Crippen molar-refractivity contribution in [3.05, 3.63) is 0 Å². The van der Waals surface area contributed by atoms with Gasteiger partial charge in [-0.1, -0.05) is 13.8 Å². The van der Waals surface area contributed by atoms with Crippen molar-refractivity contribution >= 4 is 5.78 Å². The molecule has 4 nitrogen and oxygen atoms in total. The van der Waals surface area contributed by atoms with Gasteiger partial charge in [0.05, 0.1) is 6.10 Å². The zero-order chi connectivity index (χ0) is 18.0. The molecule has 0 bridgehead atoms. The van der Waals surface area contributed by atoms with Crippen molar-refractivity contribution in [2.24, 2.45) is 34.5 Å². The molecule has 25 heavy (non-hydrogen) atoms. The maximum atomic E-state index is 12.4. The Balaban J connectivity index is 1.63. The van der Waals surface area contributed by atoms with Gasteiger partial charge in [-0.2, -0.15) is 0 Å². The maximum absolute atomic E-state index is 12.4. The third-order valence-corrected chi connectivity index (χ3v) is 9.39. The number of carbonyl (C=O) groups is 1. The van der Waals surface area contributed by atoms with Crippen LogP contribution in [0, 0.1) is 34.5 Å². The Bertz CT molecular complexity index is 562. The highest BCUT2D eigenvalue weighted by atomic mass is 16.3. The second-order valence-corrected chi connectivity index (χ2v) is 10.0. The number of fused-ring (bicyclic) bond motifs is 5. The second-order valence-electron chi connectivity index (χ2n) is 10.0. The first-order valence-electron chi connectivity index (χ1n) is 10.3. The van der Waals surface area contributed by atoms with Gasteiger partial charge in [-0.25, -0.2) is 0 Å². The van der Waals surface area contributed by atoms with Gasteiger partial charge in [-0.05, 0) is 86.9 Å². The number of aliphatic hydroxyl groups is 3. The Kier molecular flexibility index (Phi) is 4.14. The van der Waals surface area contributed by atoms with Gasteiger partial charge in [0.25, 0.3) is 0 Å². The van der Waals surface area contributed by atoms with E-state index in [1.54, 1.807) is 0 Å².